The number of carbonyl (C=O) groups excluding carboxylic acids is 2. The van der Waals surface area contributed by atoms with Crippen LogP contribution < -0.4 is 15.4 Å². The first-order valence-corrected chi connectivity index (χ1v) is 9.78. The average molecular weight is 404 g/mol. The monoisotopic (exact) mass is 404 g/mol. The molecule has 2 amide bonds. The Kier molecular flexibility index (Phi) is 7.49. The fourth-order valence-corrected chi connectivity index (χ4v) is 2.75. The van der Waals surface area contributed by atoms with Gasteiger partial charge in [-0.15, -0.1) is 0 Å². The van der Waals surface area contributed by atoms with E-state index in [1.165, 1.54) is 0 Å². The van der Waals surface area contributed by atoms with Crippen LogP contribution in [0.15, 0.2) is 67.3 Å². The molecule has 0 bridgehead atoms. The van der Waals surface area contributed by atoms with Gasteiger partial charge >= 0.3 is 0 Å². The molecule has 3 aromatic rings. The highest BCUT2D eigenvalue weighted by atomic mass is 16.5. The summed E-state index contributed by atoms with van der Waals surface area (Å²) in [4.78, 5) is 33.5. The summed E-state index contributed by atoms with van der Waals surface area (Å²) >= 11 is 0. The number of nitrogens with zero attached hydrogens (tertiary/aromatic N) is 2. The van der Waals surface area contributed by atoms with E-state index in [4.69, 9.17) is 4.74 Å². The first-order valence-electron chi connectivity index (χ1n) is 9.78. The van der Waals surface area contributed by atoms with Crippen molar-refractivity contribution in [3.8, 4) is 5.75 Å². The van der Waals surface area contributed by atoms with Crippen molar-refractivity contribution in [2.45, 2.75) is 26.4 Å². The summed E-state index contributed by atoms with van der Waals surface area (Å²) in [6, 6.07) is 12.3. The predicted molar refractivity (Wildman–Crippen MR) is 113 cm³/mol. The lowest BCUT2D eigenvalue weighted by Crippen LogP contribution is -2.26. The lowest BCUT2D eigenvalue weighted by Gasteiger charge is -2.13. The number of amides is 2. The molecule has 0 aliphatic carbocycles. The van der Waals surface area contributed by atoms with Crippen LogP contribution in [0, 0.1) is 0 Å². The molecule has 3 rings (SSSR count). The SMILES string of the molecule is CCCOc1ccc(C(=O)NCc2cccnc2)cc1C(=O)NCc1cccnc1. The van der Waals surface area contributed by atoms with Crippen molar-refractivity contribution < 1.29 is 14.3 Å². The maximum atomic E-state index is 12.8. The Hall–Kier alpha value is -3.74. The highest BCUT2D eigenvalue weighted by Crippen LogP contribution is 2.21. The first-order chi connectivity index (χ1) is 14.7. The van der Waals surface area contributed by atoms with Gasteiger partial charge in [-0.05, 0) is 47.9 Å². The molecule has 2 N–H and O–H groups in total. The second-order valence-corrected chi connectivity index (χ2v) is 6.65. The first kappa shape index (κ1) is 21.0. The Morgan fingerprint density at radius 2 is 1.53 bits per heavy atom. The largest absolute Gasteiger partial charge is 0.493 e. The third kappa shape index (κ3) is 5.88. The number of ether oxygens (including phenoxy) is 1. The number of benzene rings is 1. The van der Waals surface area contributed by atoms with Crippen LogP contribution >= 0.6 is 0 Å². The molecule has 0 saturated heterocycles. The summed E-state index contributed by atoms with van der Waals surface area (Å²) < 4.78 is 5.71. The number of hydrogen-bond acceptors (Lipinski definition) is 5. The Balaban J connectivity index is 1.73. The van der Waals surface area contributed by atoms with Crippen molar-refractivity contribution in [2.24, 2.45) is 0 Å². The van der Waals surface area contributed by atoms with Gasteiger partial charge in [-0.25, -0.2) is 0 Å². The van der Waals surface area contributed by atoms with Crippen LogP contribution in [0.4, 0.5) is 0 Å². The number of aromatic nitrogens is 2. The minimum absolute atomic E-state index is 0.276. The van der Waals surface area contributed by atoms with E-state index in [9.17, 15) is 9.59 Å². The van der Waals surface area contributed by atoms with Crippen LogP contribution in [-0.4, -0.2) is 28.4 Å². The maximum absolute atomic E-state index is 12.8. The normalized spacial score (nSPS) is 10.3. The van der Waals surface area contributed by atoms with Gasteiger partial charge in [0.25, 0.3) is 11.8 Å². The number of rotatable bonds is 9. The van der Waals surface area contributed by atoms with Crippen molar-refractivity contribution in [1.82, 2.24) is 20.6 Å². The minimum Gasteiger partial charge on any atom is -0.493 e. The highest BCUT2D eigenvalue weighted by molar-refractivity contribution is 6.01. The van der Waals surface area contributed by atoms with Gasteiger partial charge in [0.1, 0.15) is 5.75 Å². The Morgan fingerprint density at radius 3 is 2.10 bits per heavy atom. The average Bonchev–Trinajstić information content (AvgIpc) is 2.81. The molecular weight excluding hydrogens is 380 g/mol. The van der Waals surface area contributed by atoms with Crippen LogP contribution in [0.5, 0.6) is 5.75 Å². The Morgan fingerprint density at radius 1 is 0.900 bits per heavy atom. The van der Waals surface area contributed by atoms with Gasteiger partial charge in [-0.1, -0.05) is 19.1 Å². The molecule has 7 heteroatoms. The number of hydrogen-bond donors (Lipinski definition) is 2. The molecular formula is C23H24N4O3. The zero-order valence-electron chi connectivity index (χ0n) is 16.8. The fourth-order valence-electron chi connectivity index (χ4n) is 2.75. The fraction of sp³-hybridized carbons (Fsp3) is 0.217. The van der Waals surface area contributed by atoms with Crippen molar-refractivity contribution >= 4 is 11.8 Å². The quantitative estimate of drug-likeness (QED) is 0.572. The second-order valence-electron chi connectivity index (χ2n) is 6.65. The standard InChI is InChI=1S/C23H24N4O3/c1-2-11-30-21-8-7-19(22(28)26-15-17-5-3-9-24-13-17)12-20(21)23(29)27-16-18-6-4-10-25-14-18/h3-10,12-14H,2,11,15-16H2,1H3,(H,26,28)(H,27,29). The van der Waals surface area contributed by atoms with Crippen LogP contribution in [0.1, 0.15) is 45.2 Å². The van der Waals surface area contributed by atoms with Gasteiger partial charge < -0.3 is 15.4 Å². The highest BCUT2D eigenvalue weighted by Gasteiger charge is 2.16. The van der Waals surface area contributed by atoms with E-state index in [0.29, 0.717) is 36.6 Å². The van der Waals surface area contributed by atoms with Crippen molar-refractivity contribution in [3.63, 3.8) is 0 Å². The molecule has 2 heterocycles. The smallest absolute Gasteiger partial charge is 0.255 e. The third-order valence-electron chi connectivity index (χ3n) is 4.30. The van der Waals surface area contributed by atoms with Gasteiger partial charge in [0.2, 0.25) is 0 Å². The van der Waals surface area contributed by atoms with Crippen LogP contribution in [0.3, 0.4) is 0 Å². The summed E-state index contributed by atoms with van der Waals surface area (Å²) in [6.45, 7) is 3.15. The number of pyridine rings is 2. The lowest BCUT2D eigenvalue weighted by atomic mass is 10.1. The third-order valence-corrected chi connectivity index (χ3v) is 4.30. The maximum Gasteiger partial charge on any atom is 0.255 e. The molecule has 30 heavy (non-hydrogen) atoms. The zero-order chi connectivity index (χ0) is 21.2. The lowest BCUT2D eigenvalue weighted by molar-refractivity contribution is 0.0946. The van der Waals surface area contributed by atoms with E-state index in [2.05, 4.69) is 20.6 Å². The second kappa shape index (κ2) is 10.7. The molecule has 0 unspecified atom stereocenters. The minimum atomic E-state index is -0.313. The molecule has 0 radical (unpaired) electrons. The molecule has 0 saturated carbocycles. The van der Waals surface area contributed by atoms with E-state index in [1.54, 1.807) is 43.0 Å². The van der Waals surface area contributed by atoms with E-state index < -0.39 is 0 Å². The number of carbonyl (C=O) groups is 2. The molecule has 7 nitrogen and oxygen atoms in total. The van der Waals surface area contributed by atoms with Gasteiger partial charge in [0.05, 0.1) is 12.2 Å². The molecule has 0 spiro atoms. The number of nitrogens with one attached hydrogen (secondary N) is 2. The summed E-state index contributed by atoms with van der Waals surface area (Å²) in [6.07, 6.45) is 7.55. The van der Waals surface area contributed by atoms with Gasteiger partial charge in [0.15, 0.2) is 0 Å². The molecule has 0 atom stereocenters. The molecule has 0 aliphatic rings. The molecule has 1 aromatic carbocycles. The van der Waals surface area contributed by atoms with E-state index in [-0.39, 0.29) is 11.8 Å². The summed E-state index contributed by atoms with van der Waals surface area (Å²) in [5, 5.41) is 5.70. The summed E-state index contributed by atoms with van der Waals surface area (Å²) in [5.41, 5.74) is 2.48. The molecule has 154 valence electrons. The summed E-state index contributed by atoms with van der Waals surface area (Å²) in [5.74, 6) is -0.140. The van der Waals surface area contributed by atoms with Crippen LogP contribution in [-0.2, 0) is 13.1 Å². The molecule has 0 aliphatic heterocycles. The molecule has 0 fully saturated rings. The van der Waals surface area contributed by atoms with Crippen molar-refractivity contribution in [1.29, 1.82) is 0 Å². The Bertz CT molecular complexity index is 978. The van der Waals surface area contributed by atoms with Crippen molar-refractivity contribution in [2.75, 3.05) is 6.61 Å². The molecule has 2 aromatic heterocycles. The topological polar surface area (TPSA) is 93.2 Å². The van der Waals surface area contributed by atoms with E-state index in [1.807, 2.05) is 31.2 Å². The zero-order valence-corrected chi connectivity index (χ0v) is 16.8. The Labute approximate surface area is 175 Å². The van der Waals surface area contributed by atoms with E-state index >= 15 is 0 Å². The van der Waals surface area contributed by atoms with Crippen LogP contribution in [0.25, 0.3) is 0 Å². The summed E-state index contributed by atoms with van der Waals surface area (Å²) in [7, 11) is 0. The van der Waals surface area contributed by atoms with Gasteiger partial charge in [0, 0.05) is 43.4 Å². The predicted octanol–water partition coefficient (Wildman–Crippen LogP) is 3.13. The van der Waals surface area contributed by atoms with E-state index in [0.717, 1.165) is 17.5 Å². The van der Waals surface area contributed by atoms with Gasteiger partial charge in [-0.2, -0.15) is 0 Å². The van der Waals surface area contributed by atoms with Crippen LogP contribution in [0.2, 0.25) is 0 Å². The van der Waals surface area contributed by atoms with Crippen molar-refractivity contribution in [3.05, 3.63) is 89.5 Å². The van der Waals surface area contributed by atoms with Gasteiger partial charge in [-0.3, -0.25) is 19.6 Å².